The summed E-state index contributed by atoms with van der Waals surface area (Å²) in [5.74, 6) is 6.51. The summed E-state index contributed by atoms with van der Waals surface area (Å²) in [5.41, 5.74) is 3.51. The number of hydrazine groups is 1. The maximum atomic E-state index is 5.44. The molecule has 3 rings (SSSR count). The number of hydrogen-bond donors (Lipinski definition) is 2. The van der Waals surface area contributed by atoms with Crippen LogP contribution in [0.3, 0.4) is 0 Å². The Bertz CT molecular complexity index is 594. The molecule has 1 saturated heterocycles. The van der Waals surface area contributed by atoms with Crippen LogP contribution in [0.4, 0.5) is 11.9 Å². The summed E-state index contributed by atoms with van der Waals surface area (Å²) in [6.07, 6.45) is 2.34. The van der Waals surface area contributed by atoms with Gasteiger partial charge in [-0.05, 0) is 31.5 Å². The van der Waals surface area contributed by atoms with Gasteiger partial charge in [0.1, 0.15) is 0 Å². The molecule has 0 aromatic carbocycles. The standard InChI is InChI=1S/C11H15N7S2/c1-7-6-19-11(13-7)20-10-15-8(17-12)14-9(16-10)18-4-2-3-5-18/h6H,2-5,12H2,1H3,(H,14,15,16,17). The Morgan fingerprint density at radius 3 is 2.70 bits per heavy atom. The Morgan fingerprint density at radius 2 is 2.05 bits per heavy atom. The van der Waals surface area contributed by atoms with Crippen LogP contribution in [0.1, 0.15) is 18.5 Å². The van der Waals surface area contributed by atoms with Gasteiger partial charge in [-0.3, -0.25) is 5.43 Å². The second-order valence-corrected chi connectivity index (χ2v) is 6.51. The van der Waals surface area contributed by atoms with Crippen molar-refractivity contribution in [2.45, 2.75) is 29.3 Å². The van der Waals surface area contributed by atoms with Crippen molar-refractivity contribution in [3.05, 3.63) is 11.1 Å². The van der Waals surface area contributed by atoms with E-state index in [4.69, 9.17) is 5.84 Å². The van der Waals surface area contributed by atoms with Crippen molar-refractivity contribution in [1.29, 1.82) is 0 Å². The summed E-state index contributed by atoms with van der Waals surface area (Å²) in [5, 5.41) is 2.62. The zero-order valence-electron chi connectivity index (χ0n) is 11.0. The molecule has 3 heterocycles. The topological polar surface area (TPSA) is 92.8 Å². The van der Waals surface area contributed by atoms with Crippen LogP contribution >= 0.6 is 23.1 Å². The molecule has 7 nitrogen and oxygen atoms in total. The molecule has 0 bridgehead atoms. The van der Waals surface area contributed by atoms with Gasteiger partial charge in [-0.25, -0.2) is 10.8 Å². The van der Waals surface area contributed by atoms with E-state index in [0.717, 1.165) is 23.1 Å². The van der Waals surface area contributed by atoms with E-state index >= 15 is 0 Å². The SMILES string of the molecule is Cc1csc(Sc2nc(NN)nc(N3CCCC3)n2)n1. The number of nitrogens with zero attached hydrogens (tertiary/aromatic N) is 5. The predicted molar refractivity (Wildman–Crippen MR) is 80.1 cm³/mol. The van der Waals surface area contributed by atoms with E-state index < -0.39 is 0 Å². The Balaban J connectivity index is 1.87. The lowest BCUT2D eigenvalue weighted by Gasteiger charge is -2.15. The molecule has 0 unspecified atom stereocenters. The lowest BCUT2D eigenvalue weighted by molar-refractivity contribution is 0.827. The van der Waals surface area contributed by atoms with Crippen molar-refractivity contribution in [3.8, 4) is 0 Å². The number of nitrogen functional groups attached to an aromatic ring is 1. The molecule has 0 atom stereocenters. The molecule has 20 heavy (non-hydrogen) atoms. The van der Waals surface area contributed by atoms with Crippen LogP contribution in [0.15, 0.2) is 14.9 Å². The minimum atomic E-state index is 0.387. The smallest absolute Gasteiger partial charge is 0.242 e. The first-order valence-electron chi connectivity index (χ1n) is 6.32. The molecule has 9 heteroatoms. The third-order valence-corrected chi connectivity index (χ3v) is 4.82. The third-order valence-electron chi connectivity index (χ3n) is 2.90. The molecule has 1 aliphatic rings. The van der Waals surface area contributed by atoms with Crippen LogP contribution < -0.4 is 16.2 Å². The van der Waals surface area contributed by atoms with Gasteiger partial charge in [-0.15, -0.1) is 11.3 Å². The predicted octanol–water partition coefficient (Wildman–Crippen LogP) is 1.67. The number of thiazole rings is 1. The second kappa shape index (κ2) is 5.90. The maximum Gasteiger partial charge on any atom is 0.242 e. The highest BCUT2D eigenvalue weighted by Crippen LogP contribution is 2.29. The highest BCUT2D eigenvalue weighted by Gasteiger charge is 2.18. The van der Waals surface area contributed by atoms with E-state index in [-0.39, 0.29) is 0 Å². The fourth-order valence-corrected chi connectivity index (χ4v) is 3.66. The zero-order valence-corrected chi connectivity index (χ0v) is 12.7. The number of aromatic nitrogens is 4. The summed E-state index contributed by atoms with van der Waals surface area (Å²) < 4.78 is 0.920. The zero-order chi connectivity index (χ0) is 13.9. The summed E-state index contributed by atoms with van der Waals surface area (Å²) in [7, 11) is 0. The Labute approximate surface area is 125 Å². The number of rotatable bonds is 4. The molecule has 1 aliphatic heterocycles. The Hall–Kier alpha value is -1.45. The first-order chi connectivity index (χ1) is 9.74. The van der Waals surface area contributed by atoms with Gasteiger partial charge in [0.05, 0.1) is 0 Å². The molecule has 0 amide bonds. The molecule has 106 valence electrons. The van der Waals surface area contributed by atoms with Crippen LogP contribution in [0, 0.1) is 6.92 Å². The van der Waals surface area contributed by atoms with Crippen LogP contribution in [0.2, 0.25) is 0 Å². The molecule has 2 aromatic heterocycles. The first kappa shape index (κ1) is 13.5. The number of aryl methyl sites for hydroxylation is 1. The van der Waals surface area contributed by atoms with Crippen molar-refractivity contribution in [3.63, 3.8) is 0 Å². The van der Waals surface area contributed by atoms with E-state index in [1.807, 2.05) is 12.3 Å². The van der Waals surface area contributed by atoms with Gasteiger partial charge in [0.2, 0.25) is 17.1 Å². The van der Waals surface area contributed by atoms with Crippen LogP contribution in [0.25, 0.3) is 0 Å². The third kappa shape index (κ3) is 3.00. The van der Waals surface area contributed by atoms with Gasteiger partial charge >= 0.3 is 0 Å². The molecule has 1 fully saturated rings. The fourth-order valence-electron chi connectivity index (χ4n) is 1.97. The van der Waals surface area contributed by atoms with Crippen LogP contribution in [-0.2, 0) is 0 Å². The minimum Gasteiger partial charge on any atom is -0.341 e. The molecule has 3 N–H and O–H groups in total. The Kier molecular flexibility index (Phi) is 3.99. The number of hydrogen-bond acceptors (Lipinski definition) is 9. The van der Waals surface area contributed by atoms with Crippen molar-refractivity contribution < 1.29 is 0 Å². The van der Waals surface area contributed by atoms with Gasteiger partial charge < -0.3 is 4.90 Å². The average Bonchev–Trinajstić information content (AvgIpc) is 3.10. The van der Waals surface area contributed by atoms with Crippen molar-refractivity contribution in [2.75, 3.05) is 23.4 Å². The van der Waals surface area contributed by atoms with E-state index in [9.17, 15) is 0 Å². The maximum absolute atomic E-state index is 5.44. The first-order valence-corrected chi connectivity index (χ1v) is 8.02. The number of anilines is 2. The minimum absolute atomic E-state index is 0.387. The molecule has 0 aliphatic carbocycles. The molecule has 0 radical (unpaired) electrons. The second-order valence-electron chi connectivity index (χ2n) is 4.44. The van der Waals surface area contributed by atoms with E-state index in [2.05, 4.69) is 30.3 Å². The highest BCUT2D eigenvalue weighted by molar-refractivity contribution is 8.00. The molecule has 0 saturated carbocycles. The molecular formula is C11H15N7S2. The molecular weight excluding hydrogens is 294 g/mol. The van der Waals surface area contributed by atoms with Gasteiger partial charge in [0.15, 0.2) is 4.34 Å². The van der Waals surface area contributed by atoms with E-state index in [0.29, 0.717) is 17.1 Å². The van der Waals surface area contributed by atoms with Crippen LogP contribution in [0.5, 0.6) is 0 Å². The van der Waals surface area contributed by atoms with E-state index in [1.54, 1.807) is 11.3 Å². The lowest BCUT2D eigenvalue weighted by atomic mass is 10.4. The summed E-state index contributed by atoms with van der Waals surface area (Å²) in [4.78, 5) is 19.7. The van der Waals surface area contributed by atoms with Gasteiger partial charge in [-0.2, -0.15) is 15.0 Å². The van der Waals surface area contributed by atoms with Crippen molar-refractivity contribution >= 4 is 35.0 Å². The van der Waals surface area contributed by atoms with Crippen molar-refractivity contribution in [1.82, 2.24) is 19.9 Å². The summed E-state index contributed by atoms with van der Waals surface area (Å²) in [6, 6.07) is 0. The summed E-state index contributed by atoms with van der Waals surface area (Å²) in [6.45, 7) is 3.93. The van der Waals surface area contributed by atoms with Crippen molar-refractivity contribution in [2.24, 2.45) is 5.84 Å². The normalized spacial score (nSPS) is 14.8. The van der Waals surface area contributed by atoms with Gasteiger partial charge in [0, 0.05) is 24.2 Å². The van der Waals surface area contributed by atoms with E-state index in [1.165, 1.54) is 24.6 Å². The van der Waals surface area contributed by atoms with Gasteiger partial charge in [0.25, 0.3) is 0 Å². The molecule has 0 spiro atoms. The average molecular weight is 309 g/mol. The largest absolute Gasteiger partial charge is 0.341 e. The lowest BCUT2D eigenvalue weighted by Crippen LogP contribution is -2.22. The number of nitrogens with one attached hydrogen (secondary N) is 1. The Morgan fingerprint density at radius 1 is 1.25 bits per heavy atom. The number of nitrogens with two attached hydrogens (primary N) is 1. The monoisotopic (exact) mass is 309 g/mol. The highest BCUT2D eigenvalue weighted by atomic mass is 32.2. The summed E-state index contributed by atoms with van der Waals surface area (Å²) >= 11 is 3.02. The molecule has 2 aromatic rings. The quantitative estimate of drug-likeness (QED) is 0.651. The van der Waals surface area contributed by atoms with Gasteiger partial charge in [-0.1, -0.05) is 0 Å². The fraction of sp³-hybridized carbons (Fsp3) is 0.455. The van der Waals surface area contributed by atoms with Crippen LogP contribution in [-0.4, -0.2) is 33.0 Å².